The SMILES string of the molecule is COc1ccccc1Oc1c(OCCO)cc(C(=O)NC(C)C)cc1N(C1=COC(Cc2ccccc2)O1)S(=O)[O-]. The van der Waals surface area contributed by atoms with Gasteiger partial charge in [0.1, 0.15) is 18.6 Å². The van der Waals surface area contributed by atoms with E-state index in [0.29, 0.717) is 12.2 Å². The van der Waals surface area contributed by atoms with Crippen LogP contribution in [-0.4, -0.2) is 52.4 Å². The molecule has 2 N–H and O–H groups in total. The highest BCUT2D eigenvalue weighted by Gasteiger charge is 2.31. The number of rotatable bonds is 13. The summed E-state index contributed by atoms with van der Waals surface area (Å²) in [5.41, 5.74) is 0.919. The number of benzene rings is 3. The monoisotopic (exact) mass is 583 g/mol. The number of carbonyl (C=O) groups is 1. The number of para-hydroxylation sites is 2. The molecule has 3 aromatic carbocycles. The first-order valence-electron chi connectivity index (χ1n) is 12.8. The van der Waals surface area contributed by atoms with Gasteiger partial charge in [0, 0.05) is 18.0 Å². The second-order valence-corrected chi connectivity index (χ2v) is 9.92. The van der Waals surface area contributed by atoms with Crippen LogP contribution >= 0.6 is 0 Å². The van der Waals surface area contributed by atoms with E-state index in [4.69, 9.17) is 23.7 Å². The van der Waals surface area contributed by atoms with E-state index in [9.17, 15) is 18.7 Å². The van der Waals surface area contributed by atoms with E-state index >= 15 is 0 Å². The van der Waals surface area contributed by atoms with Gasteiger partial charge >= 0.3 is 0 Å². The molecule has 1 aliphatic rings. The van der Waals surface area contributed by atoms with Crippen molar-refractivity contribution in [1.29, 1.82) is 0 Å². The number of amides is 1. The highest BCUT2D eigenvalue weighted by Crippen LogP contribution is 2.46. The Balaban J connectivity index is 1.81. The fraction of sp³-hybridized carbons (Fsp3) is 0.276. The van der Waals surface area contributed by atoms with Gasteiger partial charge in [-0.15, -0.1) is 0 Å². The van der Waals surface area contributed by atoms with E-state index < -0.39 is 23.5 Å². The maximum absolute atomic E-state index is 13.1. The number of ether oxygens (including phenoxy) is 5. The predicted octanol–water partition coefficient (Wildman–Crippen LogP) is 4.01. The predicted molar refractivity (Wildman–Crippen MR) is 150 cm³/mol. The first-order valence-corrected chi connectivity index (χ1v) is 13.8. The lowest BCUT2D eigenvalue weighted by Gasteiger charge is -2.29. The highest BCUT2D eigenvalue weighted by molar-refractivity contribution is 7.80. The third-order valence-electron chi connectivity index (χ3n) is 5.73. The average Bonchev–Trinajstić information content (AvgIpc) is 3.40. The van der Waals surface area contributed by atoms with Crippen LogP contribution < -0.4 is 23.8 Å². The van der Waals surface area contributed by atoms with Gasteiger partial charge in [-0.05, 0) is 43.7 Å². The van der Waals surface area contributed by atoms with Gasteiger partial charge in [0.15, 0.2) is 23.0 Å². The first kappa shape index (κ1) is 29.7. The van der Waals surface area contributed by atoms with Gasteiger partial charge in [-0.1, -0.05) is 42.5 Å². The lowest BCUT2D eigenvalue weighted by molar-refractivity contribution is -0.0298. The number of aliphatic hydroxyl groups excluding tert-OH is 1. The Morgan fingerprint density at radius 2 is 1.80 bits per heavy atom. The van der Waals surface area contributed by atoms with Crippen LogP contribution in [0, 0.1) is 0 Å². The fourth-order valence-electron chi connectivity index (χ4n) is 3.98. The van der Waals surface area contributed by atoms with Crippen molar-refractivity contribution in [3.63, 3.8) is 0 Å². The quantitative estimate of drug-likeness (QED) is 0.286. The molecule has 2 atom stereocenters. The largest absolute Gasteiger partial charge is 0.755 e. The molecule has 2 unspecified atom stereocenters. The van der Waals surface area contributed by atoms with Crippen molar-refractivity contribution < 1.29 is 42.3 Å². The minimum Gasteiger partial charge on any atom is -0.755 e. The number of hydrogen-bond donors (Lipinski definition) is 2. The molecule has 4 rings (SSSR count). The Morgan fingerprint density at radius 3 is 2.46 bits per heavy atom. The number of carbonyl (C=O) groups excluding carboxylic acids is 1. The van der Waals surface area contributed by atoms with Gasteiger partial charge in [0.2, 0.25) is 12.2 Å². The van der Waals surface area contributed by atoms with Gasteiger partial charge in [-0.3, -0.25) is 9.00 Å². The fourth-order valence-corrected chi connectivity index (χ4v) is 4.51. The zero-order chi connectivity index (χ0) is 29.4. The van der Waals surface area contributed by atoms with Crippen LogP contribution in [0.15, 0.2) is 78.9 Å². The Labute approximate surface area is 240 Å². The minimum atomic E-state index is -2.97. The van der Waals surface area contributed by atoms with Crippen LogP contribution in [-0.2, 0) is 27.2 Å². The third-order valence-corrected chi connectivity index (χ3v) is 6.41. The van der Waals surface area contributed by atoms with Crippen molar-refractivity contribution in [2.24, 2.45) is 0 Å². The summed E-state index contributed by atoms with van der Waals surface area (Å²) >= 11 is -2.97. The van der Waals surface area contributed by atoms with Gasteiger partial charge in [-0.2, -0.15) is 0 Å². The second-order valence-electron chi connectivity index (χ2n) is 9.12. The first-order chi connectivity index (χ1) is 19.8. The standard InChI is InChI=1S/C29H32N2O9S/c1-19(2)30-29(33)21-16-22(28(25(17-21)37-14-13-32)39-24-12-8-7-11-23(24)36-3)31(41(34)35)26-18-38-27(40-26)15-20-9-5-4-6-10-20/h4-12,16-19,27,32H,13-15H2,1-3H3,(H,30,33)(H,34,35)/p-1. The molecule has 0 fully saturated rings. The van der Waals surface area contributed by atoms with E-state index in [-0.39, 0.29) is 53.6 Å². The van der Waals surface area contributed by atoms with Gasteiger partial charge < -0.3 is 38.7 Å². The molecule has 0 spiro atoms. The molecule has 0 aliphatic carbocycles. The van der Waals surface area contributed by atoms with E-state index in [1.807, 2.05) is 30.3 Å². The maximum Gasteiger partial charge on any atom is 0.251 e. The molecular weight excluding hydrogens is 552 g/mol. The van der Waals surface area contributed by atoms with Crippen LogP contribution in [0.25, 0.3) is 0 Å². The van der Waals surface area contributed by atoms with Gasteiger partial charge in [0.05, 0.1) is 25.0 Å². The molecule has 1 amide bonds. The lowest BCUT2D eigenvalue weighted by Crippen LogP contribution is -2.31. The van der Waals surface area contributed by atoms with E-state index in [2.05, 4.69) is 5.32 Å². The van der Waals surface area contributed by atoms with E-state index in [1.165, 1.54) is 25.5 Å². The van der Waals surface area contributed by atoms with Crippen LogP contribution in [0.1, 0.15) is 29.8 Å². The summed E-state index contributed by atoms with van der Waals surface area (Å²) in [6, 6.07) is 18.7. The summed E-state index contributed by atoms with van der Waals surface area (Å²) in [6.45, 7) is 3.09. The second kappa shape index (κ2) is 13.9. The summed E-state index contributed by atoms with van der Waals surface area (Å²) in [5.74, 6) is -0.0728. The van der Waals surface area contributed by atoms with Crippen LogP contribution in [0.2, 0.25) is 0 Å². The normalized spacial score (nSPS) is 14.9. The van der Waals surface area contributed by atoms with E-state index in [0.717, 1.165) is 9.87 Å². The summed E-state index contributed by atoms with van der Waals surface area (Å²) in [5, 5.41) is 12.2. The molecule has 3 aromatic rings. The number of aliphatic hydroxyl groups is 1. The van der Waals surface area contributed by atoms with Gasteiger partial charge in [-0.25, -0.2) is 4.31 Å². The average molecular weight is 584 g/mol. The number of hydrogen-bond acceptors (Lipinski definition) is 9. The molecule has 0 aromatic heterocycles. The number of methoxy groups -OCH3 is 1. The zero-order valence-electron chi connectivity index (χ0n) is 22.8. The smallest absolute Gasteiger partial charge is 0.251 e. The molecule has 12 heteroatoms. The molecule has 11 nitrogen and oxygen atoms in total. The van der Waals surface area contributed by atoms with Crippen LogP contribution in [0.3, 0.4) is 0 Å². The Hall–Kier alpha value is -4.26. The van der Waals surface area contributed by atoms with Crippen molar-refractivity contribution in [2.45, 2.75) is 32.6 Å². The third kappa shape index (κ3) is 7.48. The Kier molecular flexibility index (Phi) is 10.1. The topological polar surface area (TPSA) is 139 Å². The summed E-state index contributed by atoms with van der Waals surface area (Å²) in [4.78, 5) is 13.1. The minimum absolute atomic E-state index is 0.00663. The summed E-state index contributed by atoms with van der Waals surface area (Å²) in [7, 11) is 1.46. The highest BCUT2D eigenvalue weighted by atomic mass is 32.2. The Morgan fingerprint density at radius 1 is 1.10 bits per heavy atom. The lowest BCUT2D eigenvalue weighted by atomic mass is 10.1. The number of nitrogens with one attached hydrogen (secondary N) is 1. The molecule has 1 heterocycles. The summed E-state index contributed by atoms with van der Waals surface area (Å²) in [6.07, 6.45) is 0.743. The Bertz CT molecular complexity index is 1400. The molecule has 41 heavy (non-hydrogen) atoms. The molecule has 0 saturated heterocycles. The van der Waals surface area contributed by atoms with Crippen molar-refractivity contribution in [3.05, 3.63) is 90.0 Å². The molecule has 0 bridgehead atoms. The molecule has 1 aliphatic heterocycles. The molecular formula is C29H31N2O9S-. The maximum atomic E-state index is 13.1. The summed E-state index contributed by atoms with van der Waals surface area (Å²) < 4.78 is 55.2. The van der Waals surface area contributed by atoms with Crippen LogP contribution in [0.4, 0.5) is 5.69 Å². The molecule has 0 radical (unpaired) electrons. The van der Waals surface area contributed by atoms with Crippen molar-refractivity contribution in [3.8, 4) is 23.0 Å². The van der Waals surface area contributed by atoms with Crippen molar-refractivity contribution in [1.82, 2.24) is 5.32 Å². The number of nitrogens with zero attached hydrogens (tertiary/aromatic N) is 1. The van der Waals surface area contributed by atoms with Crippen molar-refractivity contribution in [2.75, 3.05) is 24.6 Å². The number of anilines is 1. The molecule has 0 saturated carbocycles. The van der Waals surface area contributed by atoms with Gasteiger partial charge in [0.25, 0.3) is 5.91 Å². The molecule has 218 valence electrons. The van der Waals surface area contributed by atoms with Crippen LogP contribution in [0.5, 0.6) is 23.0 Å². The zero-order valence-corrected chi connectivity index (χ0v) is 23.6. The van der Waals surface area contributed by atoms with E-state index in [1.54, 1.807) is 38.1 Å². The van der Waals surface area contributed by atoms with Crippen molar-refractivity contribution >= 4 is 22.9 Å².